The lowest BCUT2D eigenvalue weighted by Crippen LogP contribution is -2.37. The van der Waals surface area contributed by atoms with Crippen LogP contribution in [-0.4, -0.2) is 60.7 Å². The van der Waals surface area contributed by atoms with E-state index in [4.69, 9.17) is 16.6 Å². The summed E-state index contributed by atoms with van der Waals surface area (Å²) in [6.07, 6.45) is 1.07. The maximum atomic E-state index is 12.7. The van der Waals surface area contributed by atoms with E-state index in [-0.39, 0.29) is 27.9 Å². The number of methoxy groups -OCH3 is 1. The third kappa shape index (κ3) is 7.18. The highest BCUT2D eigenvalue weighted by Gasteiger charge is 2.25. The number of aromatic amines is 1. The van der Waals surface area contributed by atoms with Gasteiger partial charge in [0.25, 0.3) is 0 Å². The van der Waals surface area contributed by atoms with E-state index in [0.29, 0.717) is 41.0 Å². The summed E-state index contributed by atoms with van der Waals surface area (Å²) < 4.78 is 32.5. The Labute approximate surface area is 221 Å². The predicted octanol–water partition coefficient (Wildman–Crippen LogP) is 3.94. The molecule has 0 fully saturated rings. The predicted molar refractivity (Wildman–Crippen MR) is 143 cm³/mol. The maximum Gasteiger partial charge on any atom is 0.407 e. The van der Waals surface area contributed by atoms with Crippen LogP contribution in [0.15, 0.2) is 35.4 Å². The van der Waals surface area contributed by atoms with E-state index >= 15 is 0 Å². The Bertz CT molecular complexity index is 1370. The highest BCUT2D eigenvalue weighted by molar-refractivity contribution is 7.89. The van der Waals surface area contributed by atoms with Gasteiger partial charge in [-0.1, -0.05) is 39.3 Å². The van der Waals surface area contributed by atoms with Crippen LogP contribution in [0.1, 0.15) is 40.4 Å². The van der Waals surface area contributed by atoms with Crippen molar-refractivity contribution in [1.82, 2.24) is 30.0 Å². The van der Waals surface area contributed by atoms with Crippen LogP contribution in [0.2, 0.25) is 5.02 Å². The van der Waals surface area contributed by atoms with E-state index in [2.05, 4.69) is 35.0 Å². The number of ether oxygens (including phenoxy) is 1. The smallest absolute Gasteiger partial charge is 0.407 e. The van der Waals surface area contributed by atoms with Crippen LogP contribution in [0.25, 0.3) is 22.6 Å². The molecule has 0 saturated heterocycles. The molecule has 1 atom stereocenters. The molecule has 2 aromatic heterocycles. The molecule has 1 amide bonds. The van der Waals surface area contributed by atoms with Gasteiger partial charge in [0.1, 0.15) is 5.82 Å². The summed E-state index contributed by atoms with van der Waals surface area (Å²) in [6, 6.07) is 6.09. The second-order valence-electron chi connectivity index (χ2n) is 9.42. The molecule has 3 rings (SSSR count). The molecular formula is C24H32ClN7O4S. The van der Waals surface area contributed by atoms with Crippen LogP contribution in [0.4, 0.5) is 10.7 Å². The fourth-order valence-corrected chi connectivity index (χ4v) is 4.80. The van der Waals surface area contributed by atoms with Crippen molar-refractivity contribution >= 4 is 33.7 Å². The molecule has 0 radical (unpaired) electrons. The fourth-order valence-electron chi connectivity index (χ4n) is 3.39. The molecule has 0 spiro atoms. The van der Waals surface area contributed by atoms with Crippen LogP contribution in [0.5, 0.6) is 0 Å². The lowest BCUT2D eigenvalue weighted by molar-refractivity contribution is 0.168. The van der Waals surface area contributed by atoms with Crippen LogP contribution in [0, 0.1) is 0 Å². The number of amides is 1. The van der Waals surface area contributed by atoms with Crippen molar-refractivity contribution in [2.75, 3.05) is 25.5 Å². The minimum Gasteiger partial charge on any atom is -0.453 e. The molecular weight excluding hydrogens is 518 g/mol. The number of hydrogen-bond acceptors (Lipinski definition) is 8. The Morgan fingerprint density at radius 3 is 2.59 bits per heavy atom. The summed E-state index contributed by atoms with van der Waals surface area (Å²) >= 11 is 6.34. The van der Waals surface area contributed by atoms with Crippen LogP contribution >= 0.6 is 11.6 Å². The molecule has 11 nitrogen and oxygen atoms in total. The Kier molecular flexibility index (Phi) is 8.77. The van der Waals surface area contributed by atoms with E-state index in [1.807, 2.05) is 27.7 Å². The molecule has 0 saturated carbocycles. The van der Waals surface area contributed by atoms with Gasteiger partial charge in [-0.2, -0.15) is 0 Å². The molecule has 0 aliphatic heterocycles. The number of rotatable bonds is 9. The Hall–Kier alpha value is -3.22. The highest BCUT2D eigenvalue weighted by atomic mass is 35.5. The Morgan fingerprint density at radius 2 is 1.95 bits per heavy atom. The fraction of sp³-hybridized carbons (Fsp3) is 0.417. The monoisotopic (exact) mass is 549 g/mol. The zero-order valence-corrected chi connectivity index (χ0v) is 23.2. The summed E-state index contributed by atoms with van der Waals surface area (Å²) in [5.74, 6) is 1.04. The van der Waals surface area contributed by atoms with Gasteiger partial charge in [-0.15, -0.1) is 0 Å². The first kappa shape index (κ1) is 28.4. The molecule has 0 aliphatic rings. The molecule has 0 bridgehead atoms. The zero-order chi connectivity index (χ0) is 27.4. The molecule has 3 aromatic rings. The molecule has 13 heteroatoms. The standard InChI is InChI=1S/C24H32ClN7O4S/c1-7-28-37(34,35)17-11-15(10-16(25)12-17)19-20(32-21(31-19)24(3,4)5)18-8-9-26-22(30-18)27-13-14(2)29-23(33)36-6/h8-12,14,28H,7,13H2,1-6H3,(H,29,33)(H,31,32)(H,26,27,30)/t14-/m0/s1. The van der Waals surface area contributed by atoms with Crippen molar-refractivity contribution in [1.29, 1.82) is 0 Å². The SMILES string of the molecule is CCNS(=O)(=O)c1cc(Cl)cc(-c2nc(C(C)(C)C)[nH]c2-c2ccnc(NC[C@H](C)NC(=O)OC)n2)c1. The van der Waals surface area contributed by atoms with Crippen molar-refractivity contribution in [2.45, 2.75) is 51.0 Å². The molecule has 37 heavy (non-hydrogen) atoms. The van der Waals surface area contributed by atoms with Gasteiger partial charge >= 0.3 is 6.09 Å². The van der Waals surface area contributed by atoms with Gasteiger partial charge in [0, 0.05) is 41.3 Å². The van der Waals surface area contributed by atoms with E-state index in [0.717, 1.165) is 0 Å². The number of H-pyrrole nitrogens is 1. The van der Waals surface area contributed by atoms with Crippen molar-refractivity contribution in [3.63, 3.8) is 0 Å². The average molecular weight is 550 g/mol. The number of carbonyl (C=O) groups excluding carboxylic acids is 1. The van der Waals surface area contributed by atoms with Gasteiger partial charge in [-0.05, 0) is 31.2 Å². The van der Waals surface area contributed by atoms with Gasteiger partial charge in [0.2, 0.25) is 16.0 Å². The molecule has 0 aliphatic carbocycles. The van der Waals surface area contributed by atoms with Gasteiger partial charge in [0.05, 0.1) is 29.1 Å². The third-order valence-corrected chi connectivity index (χ3v) is 6.97. The second-order valence-corrected chi connectivity index (χ2v) is 11.6. The van der Waals surface area contributed by atoms with Gasteiger partial charge in [-0.3, -0.25) is 0 Å². The summed E-state index contributed by atoms with van der Waals surface area (Å²) in [7, 11) is -2.44. The van der Waals surface area contributed by atoms with E-state index in [9.17, 15) is 13.2 Å². The molecule has 2 heterocycles. The third-order valence-electron chi connectivity index (χ3n) is 5.23. The van der Waals surface area contributed by atoms with Crippen LogP contribution in [-0.2, 0) is 20.2 Å². The summed E-state index contributed by atoms with van der Waals surface area (Å²) in [5.41, 5.74) is 1.83. The zero-order valence-electron chi connectivity index (χ0n) is 21.6. The summed E-state index contributed by atoms with van der Waals surface area (Å²) in [6.45, 7) is 10.2. The van der Waals surface area contributed by atoms with Crippen molar-refractivity contribution in [2.24, 2.45) is 0 Å². The largest absolute Gasteiger partial charge is 0.453 e. The topological polar surface area (TPSA) is 151 Å². The number of aromatic nitrogens is 4. The lowest BCUT2D eigenvalue weighted by atomic mass is 9.96. The molecule has 200 valence electrons. The first-order valence-electron chi connectivity index (χ1n) is 11.7. The number of sulfonamides is 1. The minimum absolute atomic E-state index is 0.0419. The number of hydrogen-bond donors (Lipinski definition) is 4. The van der Waals surface area contributed by atoms with Gasteiger partial charge < -0.3 is 20.4 Å². The number of carbonyl (C=O) groups is 1. The number of alkyl carbamates (subject to hydrolysis) is 1. The second kappa shape index (κ2) is 11.4. The lowest BCUT2D eigenvalue weighted by Gasteiger charge is -2.14. The van der Waals surface area contributed by atoms with Gasteiger partial charge in [-0.25, -0.2) is 32.9 Å². The summed E-state index contributed by atoms with van der Waals surface area (Å²) in [4.78, 5) is 28.5. The number of halogens is 1. The van der Waals surface area contributed by atoms with Crippen LogP contribution in [0.3, 0.4) is 0 Å². The van der Waals surface area contributed by atoms with E-state index in [1.54, 1.807) is 25.3 Å². The summed E-state index contributed by atoms with van der Waals surface area (Å²) in [5, 5.41) is 6.02. The van der Waals surface area contributed by atoms with E-state index in [1.165, 1.54) is 19.2 Å². The average Bonchev–Trinajstić information content (AvgIpc) is 3.29. The molecule has 1 aromatic carbocycles. The quantitative estimate of drug-likeness (QED) is 0.313. The molecule has 0 unspecified atom stereocenters. The number of nitrogens with one attached hydrogen (secondary N) is 4. The normalized spacial score (nSPS) is 12.7. The van der Waals surface area contributed by atoms with E-state index < -0.39 is 16.1 Å². The number of nitrogens with zero attached hydrogens (tertiary/aromatic N) is 3. The van der Waals surface area contributed by atoms with Crippen molar-refractivity contribution < 1.29 is 17.9 Å². The van der Waals surface area contributed by atoms with Crippen molar-refractivity contribution in [3.05, 3.63) is 41.3 Å². The first-order valence-corrected chi connectivity index (χ1v) is 13.5. The number of anilines is 1. The van der Waals surface area contributed by atoms with Crippen LogP contribution < -0.4 is 15.4 Å². The molecule has 4 N–H and O–H groups in total. The van der Waals surface area contributed by atoms with Gasteiger partial charge in [0.15, 0.2) is 0 Å². The maximum absolute atomic E-state index is 12.7. The Balaban J connectivity index is 2.04. The Morgan fingerprint density at radius 1 is 1.22 bits per heavy atom. The number of benzene rings is 1. The van der Waals surface area contributed by atoms with Crippen molar-refractivity contribution in [3.8, 4) is 22.6 Å². The number of imidazole rings is 1. The highest BCUT2D eigenvalue weighted by Crippen LogP contribution is 2.35. The first-order chi connectivity index (χ1) is 17.3. The minimum atomic E-state index is -3.74.